The number of halogens is 1. The van der Waals surface area contributed by atoms with Gasteiger partial charge in [-0.3, -0.25) is 0 Å². The van der Waals surface area contributed by atoms with Gasteiger partial charge in [0.1, 0.15) is 16.9 Å². The Labute approximate surface area is 93.7 Å². The Morgan fingerprint density at radius 3 is 2.93 bits per heavy atom. The first kappa shape index (κ1) is 11.8. The summed E-state index contributed by atoms with van der Waals surface area (Å²) in [6.45, 7) is 1.85. The van der Waals surface area contributed by atoms with E-state index in [0.29, 0.717) is 16.4 Å². The van der Waals surface area contributed by atoms with Gasteiger partial charge in [-0.05, 0) is 13.0 Å². The van der Waals surface area contributed by atoms with Crippen LogP contribution in [-0.2, 0) is 0 Å². The highest BCUT2D eigenvalue weighted by Crippen LogP contribution is 2.26. The van der Waals surface area contributed by atoms with Crippen LogP contribution in [0, 0.1) is 11.3 Å². The average Bonchev–Trinajstić information content (AvgIpc) is 2.27. The molecule has 80 valence electrons. The number of hydrogen-bond donors (Lipinski definition) is 1. The van der Waals surface area contributed by atoms with Crippen LogP contribution >= 0.6 is 11.6 Å². The van der Waals surface area contributed by atoms with Crippen LogP contribution in [-0.4, -0.2) is 29.8 Å². The van der Waals surface area contributed by atoms with E-state index in [2.05, 4.69) is 4.98 Å². The van der Waals surface area contributed by atoms with Crippen molar-refractivity contribution in [3.05, 3.63) is 22.8 Å². The number of anilines is 1. The molecule has 4 nitrogen and oxygen atoms in total. The summed E-state index contributed by atoms with van der Waals surface area (Å²) in [5, 5.41) is 18.1. The smallest absolute Gasteiger partial charge is 0.148 e. The molecule has 0 amide bonds. The monoisotopic (exact) mass is 225 g/mol. The Morgan fingerprint density at radius 2 is 2.40 bits per heavy atom. The van der Waals surface area contributed by atoms with Crippen LogP contribution < -0.4 is 4.90 Å². The maximum atomic E-state index is 9.01. The van der Waals surface area contributed by atoms with Gasteiger partial charge in [0, 0.05) is 13.2 Å². The molecule has 15 heavy (non-hydrogen) atoms. The van der Waals surface area contributed by atoms with E-state index < -0.39 is 0 Å². The van der Waals surface area contributed by atoms with E-state index in [4.69, 9.17) is 22.0 Å². The van der Waals surface area contributed by atoms with Gasteiger partial charge in [-0.1, -0.05) is 11.6 Å². The zero-order valence-corrected chi connectivity index (χ0v) is 9.36. The maximum Gasteiger partial charge on any atom is 0.148 e. The van der Waals surface area contributed by atoms with Crippen molar-refractivity contribution in [3.63, 3.8) is 0 Å². The molecule has 0 fully saturated rings. The van der Waals surface area contributed by atoms with Crippen LogP contribution in [0.2, 0.25) is 5.02 Å². The van der Waals surface area contributed by atoms with Gasteiger partial charge < -0.3 is 10.0 Å². The van der Waals surface area contributed by atoms with Crippen LogP contribution in [0.3, 0.4) is 0 Å². The van der Waals surface area contributed by atoms with Crippen molar-refractivity contribution in [1.29, 1.82) is 5.26 Å². The molecular weight excluding hydrogens is 214 g/mol. The number of nitrogens with zero attached hydrogens (tertiary/aromatic N) is 3. The molecule has 0 radical (unpaired) electrons. The average molecular weight is 226 g/mol. The summed E-state index contributed by atoms with van der Waals surface area (Å²) in [5.74, 6) is 0.511. The van der Waals surface area contributed by atoms with Gasteiger partial charge in [0.25, 0.3) is 0 Å². The number of hydrogen-bond acceptors (Lipinski definition) is 4. The van der Waals surface area contributed by atoms with E-state index in [1.54, 1.807) is 18.0 Å². The number of nitriles is 1. The molecule has 1 unspecified atom stereocenters. The number of aromatic nitrogens is 1. The van der Waals surface area contributed by atoms with Gasteiger partial charge in [-0.15, -0.1) is 0 Å². The molecule has 0 spiro atoms. The SMILES string of the molecule is CC(CO)N(C)c1nccc(C#N)c1Cl. The van der Waals surface area contributed by atoms with Crippen LogP contribution in [0.4, 0.5) is 5.82 Å². The standard InChI is InChI=1S/C10H12ClN3O/c1-7(6-15)14(2)10-9(11)8(5-12)3-4-13-10/h3-4,7,15H,6H2,1-2H3. The summed E-state index contributed by atoms with van der Waals surface area (Å²) < 4.78 is 0. The zero-order chi connectivity index (χ0) is 11.4. The third-order valence-electron chi connectivity index (χ3n) is 2.25. The van der Waals surface area contributed by atoms with Gasteiger partial charge in [0.2, 0.25) is 0 Å². The minimum atomic E-state index is -0.0936. The second-order valence-electron chi connectivity index (χ2n) is 3.25. The van der Waals surface area contributed by atoms with Crippen LogP contribution in [0.1, 0.15) is 12.5 Å². The van der Waals surface area contributed by atoms with E-state index >= 15 is 0 Å². The van der Waals surface area contributed by atoms with Crippen LogP contribution in [0.15, 0.2) is 12.3 Å². The molecule has 1 atom stereocenters. The van der Waals surface area contributed by atoms with Crippen molar-refractivity contribution in [3.8, 4) is 6.07 Å². The Hall–Kier alpha value is -1.31. The second-order valence-corrected chi connectivity index (χ2v) is 3.63. The lowest BCUT2D eigenvalue weighted by Crippen LogP contribution is -2.32. The fraction of sp³-hybridized carbons (Fsp3) is 0.400. The summed E-state index contributed by atoms with van der Waals surface area (Å²) in [6, 6.07) is 3.45. The normalized spacial score (nSPS) is 11.9. The molecule has 1 N–H and O–H groups in total. The lowest BCUT2D eigenvalue weighted by atomic mass is 10.2. The lowest BCUT2D eigenvalue weighted by molar-refractivity contribution is 0.270. The number of aliphatic hydroxyl groups excluding tert-OH is 1. The predicted molar refractivity (Wildman–Crippen MR) is 58.9 cm³/mol. The zero-order valence-electron chi connectivity index (χ0n) is 8.61. The second kappa shape index (κ2) is 4.96. The quantitative estimate of drug-likeness (QED) is 0.845. The van der Waals surface area contributed by atoms with Crippen molar-refractivity contribution in [2.24, 2.45) is 0 Å². The Bertz CT molecular complexity index is 389. The van der Waals surface area contributed by atoms with Crippen LogP contribution in [0.5, 0.6) is 0 Å². The Morgan fingerprint density at radius 1 is 1.73 bits per heavy atom. The molecule has 0 aliphatic heterocycles. The van der Waals surface area contributed by atoms with E-state index in [-0.39, 0.29) is 12.6 Å². The summed E-state index contributed by atoms with van der Waals surface area (Å²) >= 11 is 6.00. The molecule has 0 saturated carbocycles. The molecule has 1 aromatic rings. The van der Waals surface area contributed by atoms with Crippen molar-refractivity contribution in [1.82, 2.24) is 4.98 Å². The summed E-state index contributed by atoms with van der Waals surface area (Å²) in [4.78, 5) is 5.83. The fourth-order valence-corrected chi connectivity index (χ4v) is 1.38. The highest BCUT2D eigenvalue weighted by atomic mass is 35.5. The van der Waals surface area contributed by atoms with Crippen molar-refractivity contribution in [2.75, 3.05) is 18.6 Å². The van der Waals surface area contributed by atoms with Crippen molar-refractivity contribution < 1.29 is 5.11 Å². The molecule has 0 aliphatic rings. The van der Waals surface area contributed by atoms with E-state index in [9.17, 15) is 0 Å². The number of pyridine rings is 1. The minimum absolute atomic E-state index is 0.00525. The van der Waals surface area contributed by atoms with Crippen molar-refractivity contribution in [2.45, 2.75) is 13.0 Å². The predicted octanol–water partition coefficient (Wildman–Crippen LogP) is 1.42. The first-order chi connectivity index (χ1) is 7.11. The largest absolute Gasteiger partial charge is 0.394 e. The van der Waals surface area contributed by atoms with Gasteiger partial charge in [-0.25, -0.2) is 4.98 Å². The molecule has 0 aliphatic carbocycles. The Kier molecular flexibility index (Phi) is 3.89. The van der Waals surface area contributed by atoms with Crippen molar-refractivity contribution >= 4 is 17.4 Å². The van der Waals surface area contributed by atoms with Gasteiger partial charge >= 0.3 is 0 Å². The highest BCUT2D eigenvalue weighted by molar-refractivity contribution is 6.34. The molecule has 5 heteroatoms. The maximum absolute atomic E-state index is 9.01. The van der Waals surface area contributed by atoms with Gasteiger partial charge in [0.05, 0.1) is 18.2 Å². The van der Waals surface area contributed by atoms with Crippen LogP contribution in [0.25, 0.3) is 0 Å². The molecule has 0 bridgehead atoms. The third-order valence-corrected chi connectivity index (χ3v) is 2.62. The van der Waals surface area contributed by atoms with E-state index in [1.807, 2.05) is 13.0 Å². The summed E-state index contributed by atoms with van der Waals surface area (Å²) in [7, 11) is 1.77. The first-order valence-electron chi connectivity index (χ1n) is 4.50. The van der Waals surface area contributed by atoms with E-state index in [0.717, 1.165) is 0 Å². The lowest BCUT2D eigenvalue weighted by Gasteiger charge is -2.25. The minimum Gasteiger partial charge on any atom is -0.394 e. The molecule has 1 rings (SSSR count). The molecular formula is C10H12ClN3O. The first-order valence-corrected chi connectivity index (χ1v) is 4.88. The number of likely N-dealkylation sites (N-methyl/N-ethyl adjacent to an activating group) is 1. The molecule has 0 aromatic carbocycles. The number of rotatable bonds is 3. The molecule has 1 aromatic heterocycles. The topological polar surface area (TPSA) is 60.1 Å². The fourth-order valence-electron chi connectivity index (χ4n) is 1.10. The van der Waals surface area contributed by atoms with Gasteiger partial charge in [-0.2, -0.15) is 5.26 Å². The highest BCUT2D eigenvalue weighted by Gasteiger charge is 2.15. The summed E-state index contributed by atoms with van der Waals surface area (Å²) in [6.07, 6.45) is 1.53. The Balaban J connectivity index is 3.10. The van der Waals surface area contributed by atoms with E-state index in [1.165, 1.54) is 6.20 Å². The summed E-state index contributed by atoms with van der Waals surface area (Å²) in [5.41, 5.74) is 0.388. The van der Waals surface area contributed by atoms with Gasteiger partial charge in [0.15, 0.2) is 0 Å². The number of aliphatic hydroxyl groups is 1. The third kappa shape index (κ3) is 2.38. The molecule has 0 saturated heterocycles. The molecule has 1 heterocycles.